The van der Waals surface area contributed by atoms with Crippen LogP contribution in [-0.2, 0) is 0 Å². The number of halogens is 1. The summed E-state index contributed by atoms with van der Waals surface area (Å²) in [6.45, 7) is 2.07. The molecular formula is C18H24BrN3. The summed E-state index contributed by atoms with van der Waals surface area (Å²) in [5.74, 6) is 3.18. The van der Waals surface area contributed by atoms with Gasteiger partial charge < -0.3 is 10.6 Å². The van der Waals surface area contributed by atoms with E-state index < -0.39 is 0 Å². The fraction of sp³-hybridized carbons (Fsp3) is 0.611. The summed E-state index contributed by atoms with van der Waals surface area (Å²) in [5.41, 5.74) is 2.37. The summed E-state index contributed by atoms with van der Waals surface area (Å²) in [6.07, 6.45) is 8.11. The van der Waals surface area contributed by atoms with Crippen molar-refractivity contribution in [2.75, 3.05) is 5.32 Å². The van der Waals surface area contributed by atoms with Crippen LogP contribution < -0.4 is 10.6 Å². The van der Waals surface area contributed by atoms with Gasteiger partial charge in [0.05, 0.1) is 0 Å². The van der Waals surface area contributed by atoms with Gasteiger partial charge in [-0.3, -0.25) is 5.41 Å². The van der Waals surface area contributed by atoms with Crippen LogP contribution in [-0.4, -0.2) is 11.5 Å². The molecule has 0 amide bonds. The monoisotopic (exact) mass is 361 g/mol. The van der Waals surface area contributed by atoms with Crippen LogP contribution in [0, 0.1) is 30.1 Å². The van der Waals surface area contributed by atoms with Gasteiger partial charge in [-0.05, 0) is 87.0 Å². The molecule has 4 aliphatic carbocycles. The first-order valence-electron chi connectivity index (χ1n) is 8.41. The molecule has 0 spiro atoms. The van der Waals surface area contributed by atoms with E-state index in [4.69, 9.17) is 5.41 Å². The maximum Gasteiger partial charge on any atom is 0.193 e. The standard InChI is InChI=1S/C18H24BrN3/c1-11-4-15(19)2-3-16(11)21-17(20)22-18-8-12-5-13(9-18)7-14(6-12)10-18/h2-4,12-14H,5-10H2,1H3,(H3,20,21,22). The first-order valence-corrected chi connectivity index (χ1v) is 9.20. The van der Waals surface area contributed by atoms with E-state index in [0.29, 0.717) is 5.96 Å². The second-order valence-electron chi connectivity index (χ2n) is 7.78. The van der Waals surface area contributed by atoms with Crippen molar-refractivity contribution in [3.8, 4) is 0 Å². The number of guanidine groups is 1. The van der Waals surface area contributed by atoms with E-state index >= 15 is 0 Å². The van der Waals surface area contributed by atoms with Gasteiger partial charge in [0.25, 0.3) is 0 Å². The normalized spacial score (nSPS) is 35.5. The van der Waals surface area contributed by atoms with Crippen molar-refractivity contribution in [3.63, 3.8) is 0 Å². The number of hydrogen-bond donors (Lipinski definition) is 3. The Morgan fingerprint density at radius 1 is 1.14 bits per heavy atom. The van der Waals surface area contributed by atoms with E-state index in [0.717, 1.165) is 33.5 Å². The first kappa shape index (κ1) is 14.6. The molecule has 4 fully saturated rings. The molecule has 0 heterocycles. The quantitative estimate of drug-likeness (QED) is 0.529. The van der Waals surface area contributed by atoms with Crippen LogP contribution in [0.25, 0.3) is 0 Å². The van der Waals surface area contributed by atoms with Crippen LogP contribution in [0.3, 0.4) is 0 Å². The van der Waals surface area contributed by atoms with E-state index in [2.05, 4.69) is 39.6 Å². The van der Waals surface area contributed by atoms with Gasteiger partial charge in [-0.25, -0.2) is 0 Å². The number of hydrogen-bond acceptors (Lipinski definition) is 1. The molecule has 0 saturated heterocycles. The van der Waals surface area contributed by atoms with Gasteiger partial charge >= 0.3 is 0 Å². The number of rotatable bonds is 2. The Labute approximate surface area is 140 Å². The Bertz CT molecular complexity index is 575. The van der Waals surface area contributed by atoms with E-state index in [-0.39, 0.29) is 5.54 Å². The lowest BCUT2D eigenvalue weighted by molar-refractivity contribution is -0.0101. The Morgan fingerprint density at radius 3 is 2.27 bits per heavy atom. The number of nitrogens with one attached hydrogen (secondary N) is 3. The third-order valence-electron chi connectivity index (χ3n) is 5.88. The summed E-state index contributed by atoms with van der Waals surface area (Å²) in [7, 11) is 0. The number of benzene rings is 1. The molecule has 4 bridgehead atoms. The van der Waals surface area contributed by atoms with Gasteiger partial charge in [0.2, 0.25) is 0 Å². The molecule has 0 aliphatic heterocycles. The molecule has 4 aliphatic rings. The topological polar surface area (TPSA) is 47.9 Å². The van der Waals surface area contributed by atoms with Crippen LogP contribution in [0.4, 0.5) is 5.69 Å². The Balaban J connectivity index is 1.46. The van der Waals surface area contributed by atoms with Crippen molar-refractivity contribution in [1.29, 1.82) is 5.41 Å². The fourth-order valence-corrected chi connectivity index (χ4v) is 5.94. The zero-order chi connectivity index (χ0) is 15.3. The second kappa shape index (κ2) is 5.26. The summed E-state index contributed by atoms with van der Waals surface area (Å²) < 4.78 is 1.08. The van der Waals surface area contributed by atoms with Crippen LogP contribution in [0.15, 0.2) is 22.7 Å². The van der Waals surface area contributed by atoms with Gasteiger partial charge in [0.15, 0.2) is 5.96 Å². The zero-order valence-electron chi connectivity index (χ0n) is 13.1. The average Bonchev–Trinajstić information content (AvgIpc) is 2.39. The highest BCUT2D eigenvalue weighted by Crippen LogP contribution is 2.55. The molecule has 0 unspecified atom stereocenters. The first-order chi connectivity index (χ1) is 10.5. The van der Waals surface area contributed by atoms with Crippen LogP contribution in [0.1, 0.15) is 44.1 Å². The molecule has 3 N–H and O–H groups in total. The average molecular weight is 362 g/mol. The van der Waals surface area contributed by atoms with Crippen LogP contribution in [0.5, 0.6) is 0 Å². The molecule has 0 aromatic heterocycles. The predicted octanol–water partition coefficient (Wildman–Crippen LogP) is 4.66. The van der Waals surface area contributed by atoms with Crippen LogP contribution >= 0.6 is 15.9 Å². The highest BCUT2D eigenvalue weighted by molar-refractivity contribution is 9.10. The Hall–Kier alpha value is -1.03. The van der Waals surface area contributed by atoms with Crippen molar-refractivity contribution < 1.29 is 0 Å². The van der Waals surface area contributed by atoms with E-state index in [1.807, 2.05) is 12.1 Å². The van der Waals surface area contributed by atoms with Gasteiger partial charge in [-0.2, -0.15) is 0 Å². The van der Waals surface area contributed by atoms with E-state index in [9.17, 15) is 0 Å². The molecule has 0 radical (unpaired) electrons. The van der Waals surface area contributed by atoms with Crippen molar-refractivity contribution in [2.45, 2.75) is 51.0 Å². The van der Waals surface area contributed by atoms with Crippen molar-refractivity contribution >= 4 is 27.6 Å². The Kier molecular flexibility index (Phi) is 3.48. The van der Waals surface area contributed by atoms with Gasteiger partial charge in [0.1, 0.15) is 0 Å². The lowest BCUT2D eigenvalue weighted by Crippen LogP contribution is -2.60. The molecule has 5 rings (SSSR count). The predicted molar refractivity (Wildman–Crippen MR) is 94.3 cm³/mol. The molecule has 3 nitrogen and oxygen atoms in total. The molecule has 22 heavy (non-hydrogen) atoms. The molecule has 1 aromatic rings. The molecular weight excluding hydrogens is 338 g/mol. The lowest BCUT2D eigenvalue weighted by atomic mass is 9.53. The van der Waals surface area contributed by atoms with E-state index in [1.165, 1.54) is 38.5 Å². The van der Waals surface area contributed by atoms with Gasteiger partial charge in [-0.1, -0.05) is 15.9 Å². The highest BCUT2D eigenvalue weighted by atomic mass is 79.9. The minimum absolute atomic E-state index is 0.197. The molecule has 4 saturated carbocycles. The maximum atomic E-state index is 8.38. The van der Waals surface area contributed by atoms with Gasteiger partial charge in [0, 0.05) is 15.7 Å². The second-order valence-corrected chi connectivity index (χ2v) is 8.70. The summed E-state index contributed by atoms with van der Waals surface area (Å²) in [6, 6.07) is 6.14. The smallest absolute Gasteiger partial charge is 0.193 e. The molecule has 4 heteroatoms. The summed E-state index contributed by atoms with van der Waals surface area (Å²) in [4.78, 5) is 0. The Morgan fingerprint density at radius 2 is 1.73 bits per heavy atom. The minimum atomic E-state index is 0.197. The fourth-order valence-electron chi connectivity index (χ4n) is 5.46. The highest BCUT2D eigenvalue weighted by Gasteiger charge is 2.51. The van der Waals surface area contributed by atoms with E-state index in [1.54, 1.807) is 0 Å². The van der Waals surface area contributed by atoms with Crippen molar-refractivity contribution in [2.24, 2.45) is 17.8 Å². The molecule has 118 valence electrons. The lowest BCUT2D eigenvalue weighted by Gasteiger charge is -2.57. The zero-order valence-corrected chi connectivity index (χ0v) is 14.7. The van der Waals surface area contributed by atoms with Crippen LogP contribution in [0.2, 0.25) is 0 Å². The summed E-state index contributed by atoms with van der Waals surface area (Å²) >= 11 is 3.49. The SMILES string of the molecule is Cc1cc(Br)ccc1NC(=N)NC12CC3CC(CC(C3)C1)C2. The number of aryl methyl sites for hydroxylation is 1. The third-order valence-corrected chi connectivity index (χ3v) is 6.37. The minimum Gasteiger partial charge on any atom is -0.351 e. The summed E-state index contributed by atoms with van der Waals surface area (Å²) in [5, 5.41) is 15.2. The van der Waals surface area contributed by atoms with Gasteiger partial charge in [-0.15, -0.1) is 0 Å². The van der Waals surface area contributed by atoms with Crippen molar-refractivity contribution in [3.05, 3.63) is 28.2 Å². The van der Waals surface area contributed by atoms with Crippen molar-refractivity contribution in [1.82, 2.24) is 5.32 Å². The third kappa shape index (κ3) is 2.66. The molecule has 1 aromatic carbocycles. The molecule has 0 atom stereocenters. The largest absolute Gasteiger partial charge is 0.351 e. The number of anilines is 1. The maximum absolute atomic E-state index is 8.38.